The molecule has 0 N–H and O–H groups in total. The van der Waals surface area contributed by atoms with E-state index in [1.807, 2.05) is 54.6 Å². The van der Waals surface area contributed by atoms with Crippen molar-refractivity contribution in [2.45, 2.75) is 6.92 Å². The fourth-order valence-corrected chi connectivity index (χ4v) is 6.98. The molecule has 4 nitrogen and oxygen atoms in total. The Morgan fingerprint density at radius 3 is 1.96 bits per heavy atom. The molecule has 0 amide bonds. The first-order chi connectivity index (χ1) is 24.6. The third-order valence-electron chi connectivity index (χ3n) is 9.48. The Morgan fingerprint density at radius 2 is 1.16 bits per heavy atom. The van der Waals surface area contributed by atoms with Crippen molar-refractivity contribution < 1.29 is 4.42 Å². The number of nitrogens with zero attached hydrogens (tertiary/aromatic N) is 3. The summed E-state index contributed by atoms with van der Waals surface area (Å²) >= 11 is 0. The van der Waals surface area contributed by atoms with Crippen LogP contribution in [0.25, 0.3) is 95.2 Å². The van der Waals surface area contributed by atoms with Gasteiger partial charge >= 0.3 is 0 Å². The van der Waals surface area contributed by atoms with Crippen LogP contribution < -0.4 is 0 Å². The van der Waals surface area contributed by atoms with Gasteiger partial charge in [-0.3, -0.25) is 0 Å². The Balaban J connectivity index is 1.30. The number of furan rings is 1. The summed E-state index contributed by atoms with van der Waals surface area (Å²) in [5, 5.41) is 4.36. The minimum absolute atomic E-state index is 0.589. The fraction of sp³-hybridized carbons (Fsp3) is 0.0217. The Hall–Kier alpha value is -6.65. The lowest BCUT2D eigenvalue weighted by Crippen LogP contribution is -2.01. The lowest BCUT2D eigenvalue weighted by Gasteiger charge is -2.14. The summed E-state index contributed by atoms with van der Waals surface area (Å²) in [7, 11) is 0. The van der Waals surface area contributed by atoms with E-state index in [0.29, 0.717) is 17.5 Å². The Morgan fingerprint density at radius 1 is 0.500 bits per heavy atom. The largest absolute Gasteiger partial charge is 0.456 e. The molecule has 0 aliphatic rings. The van der Waals surface area contributed by atoms with E-state index in [0.717, 1.165) is 66.4 Å². The molecule has 0 saturated heterocycles. The zero-order valence-corrected chi connectivity index (χ0v) is 27.5. The van der Waals surface area contributed by atoms with Gasteiger partial charge in [-0.15, -0.1) is 0 Å². The Labute approximate surface area is 290 Å². The van der Waals surface area contributed by atoms with E-state index in [4.69, 9.17) is 19.4 Å². The van der Waals surface area contributed by atoms with Crippen LogP contribution in [0.4, 0.5) is 0 Å². The van der Waals surface area contributed by atoms with Gasteiger partial charge in [-0.25, -0.2) is 15.0 Å². The predicted octanol–water partition coefficient (Wildman–Crippen LogP) is 12.2. The van der Waals surface area contributed by atoms with Crippen LogP contribution >= 0.6 is 0 Å². The number of fused-ring (bicyclic) bond motifs is 4. The zero-order chi connectivity index (χ0) is 33.6. The van der Waals surface area contributed by atoms with Gasteiger partial charge in [-0.2, -0.15) is 0 Å². The van der Waals surface area contributed by atoms with E-state index in [-0.39, 0.29) is 0 Å². The maximum absolute atomic E-state index is 6.41. The van der Waals surface area contributed by atoms with Gasteiger partial charge < -0.3 is 4.42 Å². The highest BCUT2D eigenvalue weighted by Gasteiger charge is 2.22. The molecule has 9 aromatic rings. The number of aryl methyl sites for hydroxylation is 1. The van der Waals surface area contributed by atoms with Crippen LogP contribution in [-0.4, -0.2) is 15.0 Å². The number of rotatable bonds is 6. The van der Waals surface area contributed by atoms with Gasteiger partial charge in [0.2, 0.25) is 0 Å². The lowest BCUT2D eigenvalue weighted by molar-refractivity contribution is 0.669. The Bertz CT molecular complexity index is 2730. The van der Waals surface area contributed by atoms with Gasteiger partial charge in [0.25, 0.3) is 0 Å². The third-order valence-corrected chi connectivity index (χ3v) is 9.48. The van der Waals surface area contributed by atoms with E-state index in [2.05, 4.69) is 117 Å². The van der Waals surface area contributed by atoms with Crippen LogP contribution in [-0.2, 0) is 0 Å². The second-order valence-electron chi connectivity index (χ2n) is 12.5. The average Bonchev–Trinajstić information content (AvgIpc) is 3.56. The van der Waals surface area contributed by atoms with E-state index in [1.54, 1.807) is 0 Å². The van der Waals surface area contributed by atoms with Crippen molar-refractivity contribution in [2.75, 3.05) is 0 Å². The molecule has 0 aliphatic carbocycles. The first-order valence-corrected chi connectivity index (χ1v) is 16.7. The van der Waals surface area contributed by atoms with E-state index < -0.39 is 0 Å². The molecule has 0 radical (unpaired) electrons. The monoisotopic (exact) mass is 641 g/mol. The number of benzene rings is 7. The van der Waals surface area contributed by atoms with Crippen molar-refractivity contribution >= 4 is 38.8 Å². The topological polar surface area (TPSA) is 51.8 Å². The van der Waals surface area contributed by atoms with Crippen molar-refractivity contribution in [3.8, 4) is 56.4 Å². The van der Waals surface area contributed by atoms with Crippen molar-refractivity contribution in [3.63, 3.8) is 0 Å². The molecule has 236 valence electrons. The van der Waals surface area contributed by atoms with Crippen LogP contribution in [0.2, 0.25) is 0 Å². The molecule has 9 rings (SSSR count). The smallest absolute Gasteiger partial charge is 0.165 e. The molecule has 4 heteroatoms. The van der Waals surface area contributed by atoms with Crippen LogP contribution in [0.3, 0.4) is 0 Å². The maximum atomic E-state index is 6.41. The number of para-hydroxylation sites is 1. The van der Waals surface area contributed by atoms with Crippen LogP contribution in [0.5, 0.6) is 0 Å². The second-order valence-corrected chi connectivity index (χ2v) is 12.5. The first kappa shape index (κ1) is 29.5. The van der Waals surface area contributed by atoms with Gasteiger partial charge in [-0.05, 0) is 75.3 Å². The van der Waals surface area contributed by atoms with Crippen LogP contribution in [0.1, 0.15) is 11.1 Å². The predicted molar refractivity (Wildman–Crippen MR) is 207 cm³/mol. The second kappa shape index (κ2) is 12.1. The van der Waals surface area contributed by atoms with Crippen molar-refractivity contribution in [1.29, 1.82) is 0 Å². The van der Waals surface area contributed by atoms with E-state index in [9.17, 15) is 0 Å². The van der Waals surface area contributed by atoms with Gasteiger partial charge in [0.1, 0.15) is 11.2 Å². The quantitative estimate of drug-likeness (QED) is 0.181. The standard InChI is InChI=1S/C46H31N3O/c1-3-36-29(2)12-11-18-37(36)31-21-23-33(24-22-31)45-47-44(32-14-5-4-6-15-32)48-46(49-45)43-38(35-25-20-30-13-7-8-16-34(30)28-35)26-27-41-42(43)39-17-9-10-19-40(39)50-41/h3-28H,1H2,2H3. The Kier molecular flexibility index (Phi) is 7.14. The van der Waals surface area contributed by atoms with Gasteiger partial charge in [0, 0.05) is 27.5 Å². The van der Waals surface area contributed by atoms with Gasteiger partial charge in [0.05, 0.1) is 0 Å². The molecule has 0 unspecified atom stereocenters. The van der Waals surface area contributed by atoms with Crippen LogP contribution in [0, 0.1) is 6.92 Å². The molecule has 0 atom stereocenters. The molecule has 0 aliphatic heterocycles. The molecule has 2 aromatic heterocycles. The molecule has 0 saturated carbocycles. The number of hydrogen-bond donors (Lipinski definition) is 0. The lowest BCUT2D eigenvalue weighted by atomic mass is 9.93. The molecule has 7 aromatic carbocycles. The molecule has 0 fully saturated rings. The van der Waals surface area contributed by atoms with Crippen molar-refractivity contribution in [3.05, 3.63) is 169 Å². The molecule has 2 heterocycles. The minimum Gasteiger partial charge on any atom is -0.456 e. The van der Waals surface area contributed by atoms with E-state index in [1.165, 1.54) is 16.3 Å². The molecular weight excluding hydrogens is 611 g/mol. The first-order valence-electron chi connectivity index (χ1n) is 16.7. The molecule has 0 spiro atoms. The fourth-order valence-electron chi connectivity index (χ4n) is 6.98. The summed E-state index contributed by atoms with van der Waals surface area (Å²) in [5.74, 6) is 1.80. The average molecular weight is 642 g/mol. The highest BCUT2D eigenvalue weighted by molar-refractivity contribution is 6.15. The summed E-state index contributed by atoms with van der Waals surface area (Å²) in [6.07, 6.45) is 1.93. The molecular formula is C46H31N3O. The zero-order valence-electron chi connectivity index (χ0n) is 27.5. The summed E-state index contributed by atoms with van der Waals surface area (Å²) < 4.78 is 6.41. The van der Waals surface area contributed by atoms with Crippen molar-refractivity contribution in [1.82, 2.24) is 15.0 Å². The highest BCUT2D eigenvalue weighted by atomic mass is 16.3. The number of aromatic nitrogens is 3. The van der Waals surface area contributed by atoms with Crippen LogP contribution in [0.15, 0.2) is 163 Å². The minimum atomic E-state index is 0.589. The summed E-state index contributed by atoms with van der Waals surface area (Å²) in [6.45, 7) is 6.18. The molecule has 0 bridgehead atoms. The third kappa shape index (κ3) is 5.06. The van der Waals surface area contributed by atoms with E-state index >= 15 is 0 Å². The maximum Gasteiger partial charge on any atom is 0.165 e. The molecule has 50 heavy (non-hydrogen) atoms. The van der Waals surface area contributed by atoms with Gasteiger partial charge in [-0.1, -0.05) is 140 Å². The summed E-state index contributed by atoms with van der Waals surface area (Å²) in [5.41, 5.74) is 11.0. The SMILES string of the molecule is C=Cc1c(C)cccc1-c1ccc(-c2nc(-c3ccccc3)nc(-c3c(-c4ccc5ccccc5c4)ccc4oc5ccccc5c34)n2)cc1. The summed E-state index contributed by atoms with van der Waals surface area (Å²) in [6, 6.07) is 52.3. The van der Waals surface area contributed by atoms with Gasteiger partial charge in [0.15, 0.2) is 17.5 Å². The number of hydrogen-bond acceptors (Lipinski definition) is 4. The van der Waals surface area contributed by atoms with Crippen molar-refractivity contribution in [2.24, 2.45) is 0 Å². The normalized spacial score (nSPS) is 11.4. The highest BCUT2D eigenvalue weighted by Crippen LogP contribution is 2.43. The summed E-state index contributed by atoms with van der Waals surface area (Å²) in [4.78, 5) is 15.5.